The fraction of sp³-hybridized carbons (Fsp3) is 0.720. The molecule has 2 N–H and O–H groups in total. The molecular formula is C25H41N3O4S. The quantitative estimate of drug-likeness (QED) is 0.545. The van der Waals surface area contributed by atoms with Gasteiger partial charge in [-0.05, 0) is 77.7 Å². The molecule has 0 unspecified atom stereocenters. The average molecular weight is 480 g/mol. The van der Waals surface area contributed by atoms with Gasteiger partial charge in [0.2, 0.25) is 5.75 Å². The van der Waals surface area contributed by atoms with Crippen LogP contribution in [-0.4, -0.2) is 67.7 Å². The molecule has 0 aromatic heterocycles. The number of nitrogens with zero attached hydrogens (tertiary/aromatic N) is 1. The first-order valence-electron chi connectivity index (χ1n) is 11.8. The standard InChI is InChI=1S/C25H41N3O4S/c1-24(2)13-18(14-25(3,4)27-24)26-23(33)28(16-19-9-8-12-32-19)15-17-10-11-20(29-5)22(31-7)21(17)30-6/h10-11,18-19,27H,8-9,12-16H2,1-7H3,(H,26,33)/t19-/m0/s1. The molecule has 1 atom stereocenters. The van der Waals surface area contributed by atoms with Gasteiger partial charge in [0.1, 0.15) is 0 Å². The minimum absolute atomic E-state index is 0.0427. The van der Waals surface area contributed by atoms with Crippen molar-refractivity contribution in [1.29, 1.82) is 0 Å². The summed E-state index contributed by atoms with van der Waals surface area (Å²) in [4.78, 5) is 2.21. The molecule has 0 spiro atoms. The number of ether oxygens (including phenoxy) is 4. The molecule has 2 aliphatic heterocycles. The van der Waals surface area contributed by atoms with Crippen molar-refractivity contribution < 1.29 is 18.9 Å². The second-order valence-electron chi connectivity index (χ2n) is 10.5. The van der Waals surface area contributed by atoms with E-state index in [1.165, 1.54) is 0 Å². The number of nitrogens with one attached hydrogen (secondary N) is 2. The van der Waals surface area contributed by atoms with E-state index in [1.54, 1.807) is 21.3 Å². The van der Waals surface area contributed by atoms with E-state index < -0.39 is 0 Å². The zero-order valence-corrected chi connectivity index (χ0v) is 22.1. The van der Waals surface area contributed by atoms with Crippen LogP contribution in [0.1, 0.15) is 58.9 Å². The second-order valence-corrected chi connectivity index (χ2v) is 10.8. The van der Waals surface area contributed by atoms with Crippen LogP contribution < -0.4 is 24.8 Å². The molecule has 2 aliphatic rings. The lowest BCUT2D eigenvalue weighted by Crippen LogP contribution is -2.63. The molecule has 7 nitrogen and oxygen atoms in total. The lowest BCUT2D eigenvalue weighted by atomic mass is 9.80. The average Bonchev–Trinajstić information content (AvgIpc) is 3.23. The van der Waals surface area contributed by atoms with Gasteiger partial charge < -0.3 is 34.5 Å². The third kappa shape index (κ3) is 6.64. The van der Waals surface area contributed by atoms with Gasteiger partial charge in [-0.2, -0.15) is 0 Å². The summed E-state index contributed by atoms with van der Waals surface area (Å²) in [7, 11) is 4.91. The summed E-state index contributed by atoms with van der Waals surface area (Å²) in [5, 5.41) is 8.17. The van der Waals surface area contributed by atoms with Gasteiger partial charge >= 0.3 is 0 Å². The van der Waals surface area contributed by atoms with Crippen LogP contribution in [0.25, 0.3) is 0 Å². The Morgan fingerprint density at radius 1 is 1.09 bits per heavy atom. The summed E-state index contributed by atoms with van der Waals surface area (Å²) in [6.07, 6.45) is 4.33. The van der Waals surface area contributed by atoms with Crippen molar-refractivity contribution in [3.05, 3.63) is 17.7 Å². The third-order valence-corrected chi connectivity index (χ3v) is 6.78. The van der Waals surface area contributed by atoms with E-state index in [9.17, 15) is 0 Å². The number of piperidine rings is 1. The number of hydrogen-bond acceptors (Lipinski definition) is 6. The molecule has 1 aromatic rings. The van der Waals surface area contributed by atoms with Gasteiger partial charge in [0.25, 0.3) is 0 Å². The summed E-state index contributed by atoms with van der Waals surface area (Å²) in [5.74, 6) is 1.90. The molecule has 2 heterocycles. The fourth-order valence-electron chi connectivity index (χ4n) is 5.44. The summed E-state index contributed by atoms with van der Waals surface area (Å²) < 4.78 is 22.7. The van der Waals surface area contributed by atoms with Crippen LogP contribution in [0.3, 0.4) is 0 Å². The van der Waals surface area contributed by atoms with E-state index in [0.717, 1.165) is 49.5 Å². The lowest BCUT2D eigenvalue weighted by Gasteiger charge is -2.47. The molecule has 0 saturated carbocycles. The van der Waals surface area contributed by atoms with E-state index in [1.807, 2.05) is 12.1 Å². The lowest BCUT2D eigenvalue weighted by molar-refractivity contribution is 0.0885. The SMILES string of the molecule is COc1ccc(CN(C[C@@H]2CCCO2)C(=S)NC2CC(C)(C)NC(C)(C)C2)c(OC)c1OC. The van der Waals surface area contributed by atoms with Crippen LogP contribution >= 0.6 is 12.2 Å². The highest BCUT2D eigenvalue weighted by molar-refractivity contribution is 7.80. The normalized spacial score (nSPS) is 22.0. The molecule has 33 heavy (non-hydrogen) atoms. The molecule has 2 saturated heterocycles. The number of thiocarbonyl (C=S) groups is 1. The monoisotopic (exact) mass is 479 g/mol. The predicted molar refractivity (Wildman–Crippen MR) is 136 cm³/mol. The van der Waals surface area contributed by atoms with Gasteiger partial charge in [0, 0.05) is 42.4 Å². The molecule has 8 heteroatoms. The Kier molecular flexibility index (Phi) is 8.35. The molecule has 0 radical (unpaired) electrons. The number of benzene rings is 1. The van der Waals surface area contributed by atoms with Gasteiger partial charge in [-0.1, -0.05) is 0 Å². The summed E-state index contributed by atoms with van der Waals surface area (Å²) >= 11 is 5.97. The maximum absolute atomic E-state index is 5.97. The molecule has 186 valence electrons. The van der Waals surface area contributed by atoms with Crippen LogP contribution in [0.2, 0.25) is 0 Å². The molecule has 3 rings (SSSR count). The highest BCUT2D eigenvalue weighted by atomic mass is 32.1. The fourth-order valence-corrected chi connectivity index (χ4v) is 5.74. The minimum atomic E-state index is 0.0427. The highest BCUT2D eigenvalue weighted by Crippen LogP contribution is 2.40. The van der Waals surface area contributed by atoms with E-state index >= 15 is 0 Å². The first-order chi connectivity index (χ1) is 15.6. The van der Waals surface area contributed by atoms with Crippen molar-refractivity contribution in [3.63, 3.8) is 0 Å². The number of rotatable bonds is 8. The smallest absolute Gasteiger partial charge is 0.203 e. The van der Waals surface area contributed by atoms with Crippen LogP contribution in [0, 0.1) is 0 Å². The van der Waals surface area contributed by atoms with E-state index in [2.05, 4.69) is 43.2 Å². The van der Waals surface area contributed by atoms with Crippen molar-refractivity contribution in [3.8, 4) is 17.2 Å². The maximum Gasteiger partial charge on any atom is 0.203 e. The molecular weight excluding hydrogens is 438 g/mol. The Labute approximate surface area is 204 Å². The van der Waals surface area contributed by atoms with Crippen LogP contribution in [0.5, 0.6) is 17.2 Å². The third-order valence-electron chi connectivity index (χ3n) is 6.40. The Balaban J connectivity index is 1.82. The van der Waals surface area contributed by atoms with Crippen molar-refractivity contribution in [2.45, 2.75) is 83.1 Å². The second kappa shape index (κ2) is 10.7. The van der Waals surface area contributed by atoms with E-state index in [4.69, 9.17) is 31.2 Å². The Hall–Kier alpha value is -1.77. The van der Waals surface area contributed by atoms with Crippen LogP contribution in [0.15, 0.2) is 12.1 Å². The van der Waals surface area contributed by atoms with Gasteiger partial charge in [0.15, 0.2) is 16.6 Å². The van der Waals surface area contributed by atoms with Gasteiger partial charge in [-0.25, -0.2) is 0 Å². The Bertz CT molecular complexity index is 808. The molecule has 1 aromatic carbocycles. The zero-order valence-electron chi connectivity index (χ0n) is 21.2. The Morgan fingerprint density at radius 3 is 2.30 bits per heavy atom. The van der Waals surface area contributed by atoms with Gasteiger partial charge in [0.05, 0.1) is 27.4 Å². The minimum Gasteiger partial charge on any atom is -0.493 e. The largest absolute Gasteiger partial charge is 0.493 e. The molecule has 0 aliphatic carbocycles. The van der Waals surface area contributed by atoms with Crippen LogP contribution in [-0.2, 0) is 11.3 Å². The summed E-state index contributed by atoms with van der Waals surface area (Å²) in [6.45, 7) is 11.2. The highest BCUT2D eigenvalue weighted by Gasteiger charge is 2.38. The van der Waals surface area contributed by atoms with Crippen molar-refractivity contribution in [2.24, 2.45) is 0 Å². The van der Waals surface area contributed by atoms with Crippen LogP contribution in [0.4, 0.5) is 0 Å². The number of methoxy groups -OCH3 is 3. The van der Waals surface area contributed by atoms with Crippen molar-refractivity contribution in [2.75, 3.05) is 34.5 Å². The predicted octanol–water partition coefficient (Wildman–Crippen LogP) is 3.88. The molecule has 0 bridgehead atoms. The first kappa shape index (κ1) is 25.8. The zero-order chi connectivity index (χ0) is 24.2. The first-order valence-corrected chi connectivity index (χ1v) is 12.2. The topological polar surface area (TPSA) is 64.2 Å². The summed E-state index contributed by atoms with van der Waals surface area (Å²) in [5.41, 5.74) is 1.07. The van der Waals surface area contributed by atoms with Crippen molar-refractivity contribution >= 4 is 17.3 Å². The summed E-state index contributed by atoms with van der Waals surface area (Å²) in [6, 6.07) is 4.22. The maximum atomic E-state index is 5.97. The Morgan fingerprint density at radius 2 is 1.76 bits per heavy atom. The van der Waals surface area contributed by atoms with Crippen molar-refractivity contribution in [1.82, 2.24) is 15.5 Å². The van der Waals surface area contributed by atoms with E-state index in [-0.39, 0.29) is 17.2 Å². The molecule has 0 amide bonds. The van der Waals surface area contributed by atoms with Gasteiger partial charge in [-0.15, -0.1) is 0 Å². The van der Waals surface area contributed by atoms with E-state index in [0.29, 0.717) is 29.8 Å². The molecule has 2 fully saturated rings. The number of hydrogen-bond donors (Lipinski definition) is 2. The van der Waals surface area contributed by atoms with Gasteiger partial charge in [-0.3, -0.25) is 0 Å².